The molecule has 0 atom stereocenters. The molecular formula is C13H7Cl3FNO2. The summed E-state index contributed by atoms with van der Waals surface area (Å²) in [5.41, 5.74) is 0.660. The van der Waals surface area contributed by atoms with Gasteiger partial charge in [0, 0.05) is 11.8 Å². The van der Waals surface area contributed by atoms with Crippen LogP contribution in [0.15, 0.2) is 24.4 Å². The van der Waals surface area contributed by atoms with Gasteiger partial charge in [0.25, 0.3) is 0 Å². The number of pyridine rings is 1. The number of nitrogens with zero attached hydrogens (tertiary/aromatic N) is 1. The van der Waals surface area contributed by atoms with Crippen molar-refractivity contribution in [1.29, 1.82) is 0 Å². The van der Waals surface area contributed by atoms with Crippen LogP contribution in [0.5, 0.6) is 0 Å². The number of rotatable bonds is 3. The number of hydrogen-bond acceptors (Lipinski definition) is 2. The van der Waals surface area contributed by atoms with Crippen molar-refractivity contribution in [1.82, 2.24) is 4.98 Å². The summed E-state index contributed by atoms with van der Waals surface area (Å²) in [6.45, 7) is 0. The lowest BCUT2D eigenvalue weighted by molar-refractivity contribution is -0.136. The highest BCUT2D eigenvalue weighted by molar-refractivity contribution is 6.48. The van der Waals surface area contributed by atoms with Gasteiger partial charge in [-0.15, -0.1) is 0 Å². The van der Waals surface area contributed by atoms with Crippen LogP contribution in [-0.2, 0) is 11.2 Å². The topological polar surface area (TPSA) is 50.2 Å². The molecule has 2 rings (SSSR count). The van der Waals surface area contributed by atoms with Crippen LogP contribution in [0.2, 0.25) is 15.1 Å². The molecule has 0 radical (unpaired) electrons. The van der Waals surface area contributed by atoms with Gasteiger partial charge in [-0.25, -0.2) is 4.39 Å². The average Bonchev–Trinajstić information content (AvgIpc) is 2.34. The molecular weight excluding hydrogens is 328 g/mol. The highest BCUT2D eigenvalue weighted by Crippen LogP contribution is 2.35. The van der Waals surface area contributed by atoms with Crippen LogP contribution in [0, 0.1) is 5.82 Å². The molecule has 3 nitrogen and oxygen atoms in total. The van der Waals surface area contributed by atoms with Gasteiger partial charge in [0.15, 0.2) is 0 Å². The number of hydrogen-bond donors (Lipinski definition) is 1. The Morgan fingerprint density at radius 2 is 1.80 bits per heavy atom. The minimum Gasteiger partial charge on any atom is -0.481 e. The lowest BCUT2D eigenvalue weighted by Gasteiger charge is -2.07. The number of aliphatic carboxylic acids is 1. The van der Waals surface area contributed by atoms with E-state index in [1.54, 1.807) is 0 Å². The molecule has 2 aromatic rings. The summed E-state index contributed by atoms with van der Waals surface area (Å²) in [5.74, 6) is -1.71. The van der Waals surface area contributed by atoms with E-state index in [0.717, 1.165) is 6.07 Å². The molecule has 0 spiro atoms. The molecule has 0 fully saturated rings. The average molecular weight is 335 g/mol. The Morgan fingerprint density at radius 1 is 1.20 bits per heavy atom. The molecule has 0 unspecified atom stereocenters. The lowest BCUT2D eigenvalue weighted by Crippen LogP contribution is -2.02. The van der Waals surface area contributed by atoms with E-state index in [4.69, 9.17) is 39.9 Å². The minimum absolute atomic E-state index is 0.0274. The second-order valence-corrected chi connectivity index (χ2v) is 5.19. The van der Waals surface area contributed by atoms with Crippen molar-refractivity contribution in [3.05, 3.63) is 50.8 Å². The van der Waals surface area contributed by atoms with E-state index in [0.29, 0.717) is 5.56 Å². The van der Waals surface area contributed by atoms with E-state index >= 15 is 0 Å². The van der Waals surface area contributed by atoms with Crippen molar-refractivity contribution in [2.24, 2.45) is 0 Å². The van der Waals surface area contributed by atoms with Crippen LogP contribution in [-0.4, -0.2) is 16.1 Å². The predicted octanol–water partition coefficient (Wildman–Crippen LogP) is 4.48. The van der Waals surface area contributed by atoms with E-state index in [1.807, 2.05) is 0 Å². The molecule has 0 aliphatic rings. The summed E-state index contributed by atoms with van der Waals surface area (Å²) in [4.78, 5) is 14.5. The van der Waals surface area contributed by atoms with Crippen molar-refractivity contribution in [2.75, 3.05) is 0 Å². The normalized spacial score (nSPS) is 10.6. The van der Waals surface area contributed by atoms with Gasteiger partial charge in [0.05, 0.1) is 21.5 Å². The summed E-state index contributed by atoms with van der Waals surface area (Å²) < 4.78 is 14.0. The smallest absolute Gasteiger partial charge is 0.307 e. The summed E-state index contributed by atoms with van der Waals surface area (Å²) in [6.07, 6.45) is 0.995. The second-order valence-electron chi connectivity index (χ2n) is 4.00. The first-order chi connectivity index (χ1) is 9.38. The molecule has 7 heteroatoms. The Balaban J connectivity index is 2.46. The standard InChI is InChI=1S/C13H7Cl3FNO2/c14-8-3-7(4-9(15)12(8)16)13-10(17)1-6(5-18-13)2-11(19)20/h1,3-5H,2H2,(H,19,20). The van der Waals surface area contributed by atoms with Gasteiger partial charge in [-0.2, -0.15) is 0 Å². The molecule has 0 saturated heterocycles. The van der Waals surface area contributed by atoms with Gasteiger partial charge >= 0.3 is 5.97 Å². The third-order valence-corrected chi connectivity index (χ3v) is 3.71. The number of halogens is 4. The molecule has 104 valence electrons. The first kappa shape index (κ1) is 15.0. The van der Waals surface area contributed by atoms with Crippen molar-refractivity contribution in [3.63, 3.8) is 0 Å². The van der Waals surface area contributed by atoms with Crippen LogP contribution in [0.4, 0.5) is 4.39 Å². The molecule has 0 bridgehead atoms. The van der Waals surface area contributed by atoms with E-state index in [2.05, 4.69) is 4.98 Å². The van der Waals surface area contributed by atoms with Crippen molar-refractivity contribution in [3.8, 4) is 11.3 Å². The first-order valence-corrected chi connectivity index (χ1v) is 6.53. The molecule has 1 aromatic heterocycles. The Morgan fingerprint density at radius 3 is 2.30 bits per heavy atom. The summed E-state index contributed by atoms with van der Waals surface area (Å²) >= 11 is 17.6. The van der Waals surface area contributed by atoms with Crippen LogP contribution in [0.1, 0.15) is 5.56 Å². The summed E-state index contributed by atoms with van der Waals surface area (Å²) in [6, 6.07) is 4.00. The molecule has 0 aliphatic heterocycles. The van der Waals surface area contributed by atoms with E-state index in [1.165, 1.54) is 18.3 Å². The van der Waals surface area contributed by atoms with Gasteiger partial charge in [-0.05, 0) is 23.8 Å². The minimum atomic E-state index is -1.06. The molecule has 0 saturated carbocycles. The SMILES string of the molecule is O=C(O)Cc1cnc(-c2cc(Cl)c(Cl)c(Cl)c2)c(F)c1. The predicted molar refractivity (Wildman–Crippen MR) is 76.0 cm³/mol. The quantitative estimate of drug-likeness (QED) is 0.842. The monoisotopic (exact) mass is 333 g/mol. The Labute approximate surface area is 128 Å². The van der Waals surface area contributed by atoms with E-state index in [-0.39, 0.29) is 32.7 Å². The van der Waals surface area contributed by atoms with Crippen LogP contribution >= 0.6 is 34.8 Å². The summed E-state index contributed by atoms with van der Waals surface area (Å²) in [5, 5.41) is 9.20. The zero-order chi connectivity index (χ0) is 14.9. The van der Waals surface area contributed by atoms with E-state index in [9.17, 15) is 9.18 Å². The van der Waals surface area contributed by atoms with Crippen LogP contribution < -0.4 is 0 Å². The maximum atomic E-state index is 14.0. The molecule has 1 N–H and O–H groups in total. The fourth-order valence-electron chi connectivity index (χ4n) is 1.65. The fraction of sp³-hybridized carbons (Fsp3) is 0.0769. The van der Waals surface area contributed by atoms with Gasteiger partial charge < -0.3 is 5.11 Å². The third-order valence-electron chi connectivity index (χ3n) is 2.51. The molecule has 0 aliphatic carbocycles. The molecule has 1 heterocycles. The maximum Gasteiger partial charge on any atom is 0.307 e. The highest BCUT2D eigenvalue weighted by atomic mass is 35.5. The van der Waals surface area contributed by atoms with E-state index < -0.39 is 11.8 Å². The number of carboxylic acids is 1. The molecule has 1 aromatic carbocycles. The Bertz CT molecular complexity index is 668. The van der Waals surface area contributed by atoms with Gasteiger partial charge in [0.2, 0.25) is 0 Å². The van der Waals surface area contributed by atoms with Crippen molar-refractivity contribution < 1.29 is 14.3 Å². The number of aromatic nitrogens is 1. The zero-order valence-corrected chi connectivity index (χ0v) is 12.1. The molecule has 0 amide bonds. The lowest BCUT2D eigenvalue weighted by atomic mass is 10.1. The summed E-state index contributed by atoms with van der Waals surface area (Å²) in [7, 11) is 0. The van der Waals surface area contributed by atoms with Crippen LogP contribution in [0.3, 0.4) is 0 Å². The molecule has 20 heavy (non-hydrogen) atoms. The number of carbonyl (C=O) groups is 1. The van der Waals surface area contributed by atoms with Crippen molar-refractivity contribution in [2.45, 2.75) is 6.42 Å². The Hall–Kier alpha value is -1.36. The van der Waals surface area contributed by atoms with Gasteiger partial charge in [0.1, 0.15) is 11.5 Å². The maximum absolute atomic E-state index is 14.0. The highest BCUT2D eigenvalue weighted by Gasteiger charge is 2.13. The van der Waals surface area contributed by atoms with Crippen LogP contribution in [0.25, 0.3) is 11.3 Å². The number of carboxylic acid groups (broad SMARTS) is 1. The van der Waals surface area contributed by atoms with Crippen molar-refractivity contribution >= 4 is 40.8 Å². The fourth-order valence-corrected chi connectivity index (χ4v) is 2.25. The third kappa shape index (κ3) is 3.20. The second kappa shape index (κ2) is 5.95. The first-order valence-electron chi connectivity index (χ1n) is 5.39. The van der Waals surface area contributed by atoms with Gasteiger partial charge in [-0.3, -0.25) is 9.78 Å². The zero-order valence-electron chi connectivity index (χ0n) is 9.83. The number of benzene rings is 1. The largest absolute Gasteiger partial charge is 0.481 e. The Kier molecular flexibility index (Phi) is 4.48. The van der Waals surface area contributed by atoms with Gasteiger partial charge in [-0.1, -0.05) is 34.8 Å².